The number of benzene rings is 1. The number of carbonyl (C=O) groups excluding carboxylic acids is 1. The van der Waals surface area contributed by atoms with Crippen LogP contribution >= 0.6 is 0 Å². The van der Waals surface area contributed by atoms with Crippen molar-refractivity contribution in [1.29, 1.82) is 0 Å². The van der Waals surface area contributed by atoms with Crippen LogP contribution in [-0.2, 0) is 27.5 Å². The summed E-state index contributed by atoms with van der Waals surface area (Å²) in [4.78, 5) is 27.5. The fraction of sp³-hybridized carbons (Fsp3) is 0.476. The Morgan fingerprint density at radius 3 is 2.62 bits per heavy atom. The van der Waals surface area contributed by atoms with Gasteiger partial charge >= 0.3 is 5.97 Å². The molecule has 0 saturated carbocycles. The zero-order valence-corrected chi connectivity index (χ0v) is 16.9. The van der Waals surface area contributed by atoms with Gasteiger partial charge in [0.25, 0.3) is 0 Å². The van der Waals surface area contributed by atoms with Crippen LogP contribution in [0, 0.1) is 5.92 Å². The van der Waals surface area contributed by atoms with Gasteiger partial charge in [0.15, 0.2) is 0 Å². The standard InChI is InChI=1S/C21H29N3O5/c1-3-17(21(26)27)6-9-20(25)23-18(12-24-11-10-22-15-24)14-29-13-16-4-7-19(28-2)8-5-16/h4-5,7-8,10-11,15,17-18H,3,6,9,12-14H2,1-2H3,(H,23,25)(H,26,27). The predicted molar refractivity (Wildman–Crippen MR) is 107 cm³/mol. The summed E-state index contributed by atoms with van der Waals surface area (Å²) >= 11 is 0. The molecule has 0 spiro atoms. The summed E-state index contributed by atoms with van der Waals surface area (Å²) < 4.78 is 12.8. The highest BCUT2D eigenvalue weighted by atomic mass is 16.5. The van der Waals surface area contributed by atoms with Crippen molar-refractivity contribution in [2.45, 2.75) is 45.4 Å². The number of aromatic nitrogens is 2. The summed E-state index contributed by atoms with van der Waals surface area (Å²) in [5.41, 5.74) is 1.01. The molecule has 8 heteroatoms. The van der Waals surface area contributed by atoms with Gasteiger partial charge in [-0.05, 0) is 30.5 Å². The second-order valence-corrected chi connectivity index (χ2v) is 6.87. The van der Waals surface area contributed by atoms with E-state index in [4.69, 9.17) is 14.6 Å². The number of rotatable bonds is 13. The number of carbonyl (C=O) groups is 2. The summed E-state index contributed by atoms with van der Waals surface area (Å²) in [6.07, 6.45) is 6.17. The summed E-state index contributed by atoms with van der Waals surface area (Å²) in [5, 5.41) is 12.1. The van der Waals surface area contributed by atoms with E-state index in [9.17, 15) is 9.59 Å². The molecule has 8 nitrogen and oxygen atoms in total. The molecule has 0 bridgehead atoms. The van der Waals surface area contributed by atoms with Crippen LogP contribution in [0.2, 0.25) is 0 Å². The minimum atomic E-state index is -0.863. The van der Waals surface area contributed by atoms with Crippen LogP contribution in [0.3, 0.4) is 0 Å². The summed E-state index contributed by atoms with van der Waals surface area (Å²) in [6.45, 7) is 3.07. The zero-order valence-electron chi connectivity index (χ0n) is 16.9. The predicted octanol–water partition coefficient (Wildman–Crippen LogP) is 2.48. The van der Waals surface area contributed by atoms with Gasteiger partial charge in [0.1, 0.15) is 5.75 Å². The molecule has 2 unspecified atom stereocenters. The molecule has 0 aliphatic heterocycles. The maximum atomic E-state index is 12.3. The Bertz CT molecular complexity index is 746. The van der Waals surface area contributed by atoms with Gasteiger partial charge in [-0.3, -0.25) is 9.59 Å². The smallest absolute Gasteiger partial charge is 0.306 e. The number of aliphatic carboxylic acids is 1. The highest BCUT2D eigenvalue weighted by molar-refractivity contribution is 5.77. The van der Waals surface area contributed by atoms with Crippen molar-refractivity contribution in [3.05, 3.63) is 48.5 Å². The molecule has 0 fully saturated rings. The number of nitrogens with zero attached hydrogens (tertiary/aromatic N) is 2. The van der Waals surface area contributed by atoms with Crippen LogP contribution in [-0.4, -0.2) is 46.3 Å². The third kappa shape index (κ3) is 7.95. The van der Waals surface area contributed by atoms with Crippen molar-refractivity contribution < 1.29 is 24.2 Å². The van der Waals surface area contributed by atoms with Gasteiger partial charge in [0.2, 0.25) is 5.91 Å². The average molecular weight is 403 g/mol. The highest BCUT2D eigenvalue weighted by Crippen LogP contribution is 2.13. The van der Waals surface area contributed by atoms with Crippen LogP contribution in [0.4, 0.5) is 0 Å². The summed E-state index contributed by atoms with van der Waals surface area (Å²) in [7, 11) is 1.62. The van der Waals surface area contributed by atoms with E-state index in [0.29, 0.717) is 32.6 Å². The van der Waals surface area contributed by atoms with Gasteiger partial charge in [-0.25, -0.2) is 4.98 Å². The van der Waals surface area contributed by atoms with E-state index in [2.05, 4.69) is 10.3 Å². The quantitative estimate of drug-likeness (QED) is 0.533. The lowest BCUT2D eigenvalue weighted by molar-refractivity contribution is -0.142. The highest BCUT2D eigenvalue weighted by Gasteiger charge is 2.18. The first-order valence-corrected chi connectivity index (χ1v) is 9.70. The molecule has 158 valence electrons. The van der Waals surface area contributed by atoms with Crippen molar-refractivity contribution >= 4 is 11.9 Å². The van der Waals surface area contributed by atoms with Crippen molar-refractivity contribution in [1.82, 2.24) is 14.9 Å². The molecule has 2 atom stereocenters. The first-order chi connectivity index (χ1) is 14.0. The third-order valence-electron chi connectivity index (χ3n) is 4.66. The van der Waals surface area contributed by atoms with Gasteiger partial charge in [0, 0.05) is 25.4 Å². The first-order valence-electron chi connectivity index (χ1n) is 9.70. The first kappa shape index (κ1) is 22.4. The van der Waals surface area contributed by atoms with E-state index in [1.54, 1.807) is 19.6 Å². The molecular weight excluding hydrogens is 374 g/mol. The monoisotopic (exact) mass is 403 g/mol. The Labute approximate surface area is 170 Å². The van der Waals surface area contributed by atoms with Crippen LogP contribution < -0.4 is 10.1 Å². The number of hydrogen-bond acceptors (Lipinski definition) is 5. The molecule has 1 aromatic heterocycles. The molecule has 1 amide bonds. The minimum Gasteiger partial charge on any atom is -0.497 e. The Morgan fingerprint density at radius 2 is 2.03 bits per heavy atom. The van der Waals surface area contributed by atoms with E-state index in [1.165, 1.54) is 0 Å². The lowest BCUT2D eigenvalue weighted by Crippen LogP contribution is -2.41. The van der Waals surface area contributed by atoms with E-state index in [0.717, 1.165) is 11.3 Å². The van der Waals surface area contributed by atoms with Gasteiger partial charge in [-0.2, -0.15) is 0 Å². The summed E-state index contributed by atoms with van der Waals surface area (Å²) in [5.74, 6) is -0.758. The lowest BCUT2D eigenvalue weighted by atomic mass is 10.0. The van der Waals surface area contributed by atoms with Crippen molar-refractivity contribution in [2.75, 3.05) is 13.7 Å². The number of nitrogens with one attached hydrogen (secondary N) is 1. The molecule has 0 saturated heterocycles. The Balaban J connectivity index is 1.86. The molecule has 0 aliphatic carbocycles. The summed E-state index contributed by atoms with van der Waals surface area (Å²) in [6, 6.07) is 7.35. The second-order valence-electron chi connectivity index (χ2n) is 6.87. The largest absolute Gasteiger partial charge is 0.497 e. The van der Waals surface area contributed by atoms with Crippen molar-refractivity contribution in [2.24, 2.45) is 5.92 Å². The SMILES string of the molecule is CCC(CCC(=O)NC(COCc1ccc(OC)cc1)Cn1ccnc1)C(=O)O. The fourth-order valence-electron chi connectivity index (χ4n) is 2.94. The molecule has 1 heterocycles. The zero-order chi connectivity index (χ0) is 21.1. The van der Waals surface area contributed by atoms with Crippen LogP contribution in [0.1, 0.15) is 31.7 Å². The molecule has 0 aliphatic rings. The minimum absolute atomic E-state index is 0.170. The van der Waals surface area contributed by atoms with Gasteiger partial charge in [0.05, 0.1) is 38.6 Å². The number of amides is 1. The maximum Gasteiger partial charge on any atom is 0.306 e. The van der Waals surface area contributed by atoms with E-state index in [1.807, 2.05) is 42.0 Å². The van der Waals surface area contributed by atoms with E-state index >= 15 is 0 Å². The van der Waals surface area contributed by atoms with Crippen LogP contribution in [0.15, 0.2) is 43.0 Å². The topological polar surface area (TPSA) is 103 Å². The van der Waals surface area contributed by atoms with Crippen LogP contribution in [0.25, 0.3) is 0 Å². The lowest BCUT2D eigenvalue weighted by Gasteiger charge is -2.20. The number of hydrogen-bond donors (Lipinski definition) is 2. The number of ether oxygens (including phenoxy) is 2. The van der Waals surface area contributed by atoms with Crippen LogP contribution in [0.5, 0.6) is 5.75 Å². The van der Waals surface area contributed by atoms with Gasteiger partial charge in [-0.15, -0.1) is 0 Å². The van der Waals surface area contributed by atoms with Gasteiger partial charge < -0.3 is 24.5 Å². The Morgan fingerprint density at radius 1 is 1.28 bits per heavy atom. The average Bonchev–Trinajstić information content (AvgIpc) is 3.21. The molecule has 1 aromatic carbocycles. The number of carboxylic acid groups (broad SMARTS) is 1. The fourth-order valence-corrected chi connectivity index (χ4v) is 2.94. The van der Waals surface area contributed by atoms with Crippen molar-refractivity contribution in [3.8, 4) is 5.75 Å². The molecule has 2 rings (SSSR count). The van der Waals surface area contributed by atoms with E-state index < -0.39 is 11.9 Å². The molecule has 2 aromatic rings. The number of carboxylic acids is 1. The van der Waals surface area contributed by atoms with Gasteiger partial charge in [-0.1, -0.05) is 19.1 Å². The normalized spacial score (nSPS) is 12.9. The van der Waals surface area contributed by atoms with E-state index in [-0.39, 0.29) is 18.4 Å². The third-order valence-corrected chi connectivity index (χ3v) is 4.66. The molecule has 0 radical (unpaired) electrons. The number of methoxy groups -OCH3 is 1. The molecule has 2 N–H and O–H groups in total. The maximum absolute atomic E-state index is 12.3. The Hall–Kier alpha value is -2.87. The van der Waals surface area contributed by atoms with Crippen molar-refractivity contribution in [3.63, 3.8) is 0 Å². The molecule has 29 heavy (non-hydrogen) atoms. The number of imidazole rings is 1. The second kappa shape index (κ2) is 11.9. The molecular formula is C21H29N3O5. The Kier molecular flexibility index (Phi) is 9.17.